The summed E-state index contributed by atoms with van der Waals surface area (Å²) in [7, 11) is 2.06. The van der Waals surface area contributed by atoms with Crippen LogP contribution in [0, 0.1) is 0 Å². The number of amides is 1. The third-order valence-electron chi connectivity index (χ3n) is 2.20. The van der Waals surface area contributed by atoms with Gasteiger partial charge in [-0.25, -0.2) is 0 Å². The van der Waals surface area contributed by atoms with Crippen LogP contribution in [0.15, 0.2) is 0 Å². The summed E-state index contributed by atoms with van der Waals surface area (Å²) in [6, 6.07) is -0.353. The van der Waals surface area contributed by atoms with Gasteiger partial charge in [0, 0.05) is 26.2 Å². The van der Waals surface area contributed by atoms with E-state index in [0.29, 0.717) is 0 Å². The van der Waals surface area contributed by atoms with Crippen molar-refractivity contribution in [3.63, 3.8) is 0 Å². The minimum atomic E-state index is -0.353. The number of carbonyl (C=O) groups is 1. The SMILES string of the molecule is C[C@H](N)C(=O)N1CCN(C)CC1.Cl.Cl. The molecule has 86 valence electrons. The largest absolute Gasteiger partial charge is 0.339 e. The Morgan fingerprint density at radius 2 is 1.64 bits per heavy atom. The van der Waals surface area contributed by atoms with E-state index in [9.17, 15) is 4.79 Å². The van der Waals surface area contributed by atoms with Crippen molar-refractivity contribution >= 4 is 30.7 Å². The summed E-state index contributed by atoms with van der Waals surface area (Å²) in [6.07, 6.45) is 0. The van der Waals surface area contributed by atoms with E-state index < -0.39 is 0 Å². The summed E-state index contributed by atoms with van der Waals surface area (Å²) in [5.74, 6) is 0.0723. The Bertz CT molecular complexity index is 170. The van der Waals surface area contributed by atoms with Gasteiger partial charge in [-0.05, 0) is 14.0 Å². The molecule has 1 rings (SSSR count). The van der Waals surface area contributed by atoms with Gasteiger partial charge in [0.05, 0.1) is 6.04 Å². The number of nitrogens with two attached hydrogens (primary N) is 1. The third kappa shape index (κ3) is 4.46. The number of halogens is 2. The molecule has 0 spiro atoms. The number of hydrogen-bond donors (Lipinski definition) is 1. The van der Waals surface area contributed by atoms with Crippen molar-refractivity contribution in [1.82, 2.24) is 9.80 Å². The molecule has 1 fully saturated rings. The Balaban J connectivity index is 0. The van der Waals surface area contributed by atoms with Crippen LogP contribution in [0.25, 0.3) is 0 Å². The lowest BCUT2D eigenvalue weighted by Gasteiger charge is -2.33. The molecule has 1 saturated heterocycles. The van der Waals surface area contributed by atoms with Crippen LogP contribution in [-0.2, 0) is 4.79 Å². The zero-order valence-corrected chi connectivity index (χ0v) is 10.2. The van der Waals surface area contributed by atoms with E-state index in [4.69, 9.17) is 5.73 Å². The zero-order chi connectivity index (χ0) is 9.14. The average Bonchev–Trinajstić information content (AvgIpc) is 2.04. The number of nitrogens with zero attached hydrogens (tertiary/aromatic N) is 2. The normalized spacial score (nSPS) is 19.2. The molecule has 14 heavy (non-hydrogen) atoms. The van der Waals surface area contributed by atoms with Crippen molar-refractivity contribution < 1.29 is 4.79 Å². The fourth-order valence-corrected chi connectivity index (χ4v) is 1.31. The Morgan fingerprint density at radius 3 is 2.00 bits per heavy atom. The molecule has 0 bridgehead atoms. The molecule has 2 N–H and O–H groups in total. The molecule has 0 saturated carbocycles. The van der Waals surface area contributed by atoms with Gasteiger partial charge in [-0.3, -0.25) is 4.79 Å². The highest BCUT2D eigenvalue weighted by Gasteiger charge is 2.20. The predicted octanol–water partition coefficient (Wildman–Crippen LogP) is -0.0488. The van der Waals surface area contributed by atoms with E-state index in [1.165, 1.54) is 0 Å². The predicted molar refractivity (Wildman–Crippen MR) is 62.2 cm³/mol. The van der Waals surface area contributed by atoms with Crippen LogP contribution in [-0.4, -0.2) is 55.0 Å². The highest BCUT2D eigenvalue weighted by Crippen LogP contribution is 2.00. The maximum atomic E-state index is 11.4. The number of rotatable bonds is 1. The topological polar surface area (TPSA) is 49.6 Å². The van der Waals surface area contributed by atoms with Crippen molar-refractivity contribution in [1.29, 1.82) is 0 Å². The lowest BCUT2D eigenvalue weighted by molar-refractivity contribution is -0.133. The third-order valence-corrected chi connectivity index (χ3v) is 2.20. The van der Waals surface area contributed by atoms with E-state index in [1.54, 1.807) is 6.92 Å². The van der Waals surface area contributed by atoms with E-state index in [-0.39, 0.29) is 36.8 Å². The first-order valence-electron chi connectivity index (χ1n) is 4.34. The fourth-order valence-electron chi connectivity index (χ4n) is 1.31. The van der Waals surface area contributed by atoms with Gasteiger partial charge in [0.2, 0.25) is 5.91 Å². The van der Waals surface area contributed by atoms with Crippen molar-refractivity contribution in [2.24, 2.45) is 5.73 Å². The molecule has 0 aromatic carbocycles. The lowest BCUT2D eigenvalue weighted by Crippen LogP contribution is -2.51. The van der Waals surface area contributed by atoms with E-state index >= 15 is 0 Å². The fraction of sp³-hybridized carbons (Fsp3) is 0.875. The van der Waals surface area contributed by atoms with Gasteiger partial charge in [-0.1, -0.05) is 0 Å². The van der Waals surface area contributed by atoms with Gasteiger partial charge in [0.15, 0.2) is 0 Å². The zero-order valence-electron chi connectivity index (χ0n) is 8.60. The van der Waals surface area contributed by atoms with E-state index in [2.05, 4.69) is 11.9 Å². The van der Waals surface area contributed by atoms with Crippen molar-refractivity contribution in [3.05, 3.63) is 0 Å². The van der Waals surface area contributed by atoms with Crippen LogP contribution >= 0.6 is 24.8 Å². The first-order chi connectivity index (χ1) is 5.61. The number of likely N-dealkylation sites (N-methyl/N-ethyl adjacent to an activating group) is 1. The van der Waals surface area contributed by atoms with Crippen LogP contribution in [0.1, 0.15) is 6.92 Å². The van der Waals surface area contributed by atoms with Crippen LogP contribution in [0.4, 0.5) is 0 Å². The van der Waals surface area contributed by atoms with Crippen LogP contribution in [0.2, 0.25) is 0 Å². The molecule has 6 heteroatoms. The van der Waals surface area contributed by atoms with Crippen LogP contribution < -0.4 is 5.73 Å². The van der Waals surface area contributed by atoms with Crippen molar-refractivity contribution in [3.8, 4) is 0 Å². The van der Waals surface area contributed by atoms with Gasteiger partial charge in [-0.15, -0.1) is 24.8 Å². The molecule has 4 nitrogen and oxygen atoms in total. The van der Waals surface area contributed by atoms with Gasteiger partial charge in [0.1, 0.15) is 0 Å². The maximum Gasteiger partial charge on any atom is 0.239 e. The first-order valence-corrected chi connectivity index (χ1v) is 4.34. The molecule has 1 atom stereocenters. The summed E-state index contributed by atoms with van der Waals surface area (Å²) in [5, 5.41) is 0. The molecule has 0 radical (unpaired) electrons. The second kappa shape index (κ2) is 7.29. The maximum absolute atomic E-state index is 11.4. The molecular weight excluding hydrogens is 225 g/mol. The Kier molecular flexibility index (Phi) is 8.54. The highest BCUT2D eigenvalue weighted by molar-refractivity contribution is 5.85. The molecule has 0 unspecified atom stereocenters. The summed E-state index contributed by atoms with van der Waals surface area (Å²) < 4.78 is 0. The molecule has 0 aromatic rings. The van der Waals surface area contributed by atoms with Gasteiger partial charge in [0.25, 0.3) is 0 Å². The number of carbonyl (C=O) groups excluding carboxylic acids is 1. The first kappa shape index (κ1) is 16.4. The monoisotopic (exact) mass is 243 g/mol. The molecular formula is C8H19Cl2N3O. The van der Waals surface area contributed by atoms with Gasteiger partial charge < -0.3 is 15.5 Å². The summed E-state index contributed by atoms with van der Waals surface area (Å²) >= 11 is 0. The summed E-state index contributed by atoms with van der Waals surface area (Å²) in [4.78, 5) is 15.4. The standard InChI is InChI=1S/C8H17N3O.2ClH/c1-7(9)8(12)11-5-3-10(2)4-6-11;;/h7H,3-6,9H2,1-2H3;2*1H/t7-;;/m0../s1. The Hall–Kier alpha value is -0.0300. The quantitative estimate of drug-likeness (QED) is 0.703. The van der Waals surface area contributed by atoms with Gasteiger partial charge >= 0.3 is 0 Å². The molecule has 0 aliphatic carbocycles. The minimum absolute atomic E-state index is 0. The van der Waals surface area contributed by atoms with Crippen molar-refractivity contribution in [2.75, 3.05) is 33.2 Å². The second-order valence-electron chi connectivity index (χ2n) is 3.42. The number of piperazine rings is 1. The average molecular weight is 244 g/mol. The highest BCUT2D eigenvalue weighted by atomic mass is 35.5. The minimum Gasteiger partial charge on any atom is -0.339 e. The Morgan fingerprint density at radius 1 is 1.21 bits per heavy atom. The van der Waals surface area contributed by atoms with Crippen molar-refractivity contribution in [2.45, 2.75) is 13.0 Å². The Labute approximate surface area is 97.6 Å². The summed E-state index contributed by atoms with van der Waals surface area (Å²) in [6.45, 7) is 5.28. The van der Waals surface area contributed by atoms with Gasteiger partial charge in [-0.2, -0.15) is 0 Å². The van der Waals surface area contributed by atoms with E-state index in [0.717, 1.165) is 26.2 Å². The van der Waals surface area contributed by atoms with Crippen LogP contribution in [0.3, 0.4) is 0 Å². The molecule has 1 aliphatic rings. The van der Waals surface area contributed by atoms with Crippen LogP contribution in [0.5, 0.6) is 0 Å². The summed E-state index contributed by atoms with van der Waals surface area (Å²) in [5.41, 5.74) is 5.50. The smallest absolute Gasteiger partial charge is 0.239 e. The molecule has 1 amide bonds. The molecule has 1 aliphatic heterocycles. The molecule has 1 heterocycles. The van der Waals surface area contributed by atoms with E-state index in [1.807, 2.05) is 4.90 Å². The lowest BCUT2D eigenvalue weighted by atomic mass is 10.2. The number of hydrogen-bond acceptors (Lipinski definition) is 3. The second-order valence-corrected chi connectivity index (χ2v) is 3.42. The molecule has 0 aromatic heterocycles.